The van der Waals surface area contributed by atoms with Gasteiger partial charge in [-0.25, -0.2) is 15.0 Å². The summed E-state index contributed by atoms with van der Waals surface area (Å²) in [5, 5.41) is 4.07. The molecule has 4 heterocycles. The average molecular weight is 395 g/mol. The van der Waals surface area contributed by atoms with Gasteiger partial charge >= 0.3 is 0 Å². The van der Waals surface area contributed by atoms with Gasteiger partial charge < -0.3 is 10.2 Å². The molecular weight excluding hydrogens is 372 g/mol. The molecule has 1 amide bonds. The lowest BCUT2D eigenvalue weighted by Crippen LogP contribution is -2.39. The summed E-state index contributed by atoms with van der Waals surface area (Å²) in [6.07, 6.45) is 7.19. The molecule has 0 bridgehead atoms. The maximum Gasteiger partial charge on any atom is 0.265 e. The maximum atomic E-state index is 12.9. The van der Waals surface area contributed by atoms with E-state index >= 15 is 0 Å². The van der Waals surface area contributed by atoms with E-state index in [1.807, 2.05) is 30.9 Å². The van der Waals surface area contributed by atoms with E-state index in [9.17, 15) is 4.79 Å². The standard InChI is InChI=1S/C20H22N6OS/c1-13-18(28-14(2)24-13)19(27)26-10-3-5-15(12-26)17-7-6-16(11-23-17)25-20-21-8-4-9-22-20/h4,6-9,11,15H,3,5,10,12H2,1-2H3,(H,21,22,25). The Labute approximate surface area is 167 Å². The molecule has 4 rings (SSSR count). The first-order valence-electron chi connectivity index (χ1n) is 9.33. The number of anilines is 2. The highest BCUT2D eigenvalue weighted by Crippen LogP contribution is 2.29. The van der Waals surface area contributed by atoms with E-state index in [4.69, 9.17) is 0 Å². The van der Waals surface area contributed by atoms with Crippen LogP contribution in [0.5, 0.6) is 0 Å². The SMILES string of the molecule is Cc1nc(C)c(C(=O)N2CCCC(c3ccc(Nc4ncccn4)cn3)C2)s1. The van der Waals surface area contributed by atoms with E-state index in [0.29, 0.717) is 12.5 Å². The molecule has 0 aromatic carbocycles. The number of likely N-dealkylation sites (tertiary alicyclic amines) is 1. The minimum absolute atomic E-state index is 0.0901. The largest absolute Gasteiger partial charge is 0.337 e. The van der Waals surface area contributed by atoms with Crippen LogP contribution in [0.3, 0.4) is 0 Å². The molecule has 0 radical (unpaired) electrons. The highest BCUT2D eigenvalue weighted by molar-refractivity contribution is 7.13. The smallest absolute Gasteiger partial charge is 0.265 e. The number of nitrogens with zero attached hydrogens (tertiary/aromatic N) is 5. The third-order valence-corrected chi connectivity index (χ3v) is 5.89. The Balaban J connectivity index is 1.44. The molecule has 1 atom stereocenters. The van der Waals surface area contributed by atoms with E-state index in [0.717, 1.165) is 46.3 Å². The molecule has 144 valence electrons. The van der Waals surface area contributed by atoms with Crippen LogP contribution in [0.2, 0.25) is 0 Å². The number of hydrogen-bond donors (Lipinski definition) is 1. The molecule has 1 fully saturated rings. The van der Waals surface area contributed by atoms with Crippen LogP contribution >= 0.6 is 11.3 Å². The normalized spacial score (nSPS) is 16.8. The molecule has 1 saturated heterocycles. The highest BCUT2D eigenvalue weighted by atomic mass is 32.1. The first-order valence-corrected chi connectivity index (χ1v) is 10.1. The number of aryl methyl sites for hydroxylation is 2. The molecule has 3 aromatic rings. The van der Waals surface area contributed by atoms with E-state index in [1.165, 1.54) is 11.3 Å². The Hall–Kier alpha value is -2.87. The average Bonchev–Trinajstić information content (AvgIpc) is 3.07. The van der Waals surface area contributed by atoms with Gasteiger partial charge in [-0.2, -0.15) is 0 Å². The summed E-state index contributed by atoms with van der Waals surface area (Å²) in [4.78, 5) is 32.9. The van der Waals surface area contributed by atoms with Crippen LogP contribution in [0.25, 0.3) is 0 Å². The molecule has 0 spiro atoms. The molecular formula is C20H22N6OS. The third-order valence-electron chi connectivity index (χ3n) is 4.83. The van der Waals surface area contributed by atoms with Gasteiger partial charge in [-0.1, -0.05) is 0 Å². The number of thiazole rings is 1. The van der Waals surface area contributed by atoms with Crippen LogP contribution in [0.15, 0.2) is 36.8 Å². The molecule has 1 unspecified atom stereocenters. The molecule has 1 aliphatic rings. The Kier molecular flexibility index (Phi) is 5.29. The van der Waals surface area contributed by atoms with Gasteiger partial charge in [0.1, 0.15) is 4.88 Å². The molecule has 0 aliphatic carbocycles. The minimum Gasteiger partial charge on any atom is -0.337 e. The summed E-state index contributed by atoms with van der Waals surface area (Å²) >= 11 is 1.48. The Morgan fingerprint density at radius 1 is 1.21 bits per heavy atom. The summed E-state index contributed by atoms with van der Waals surface area (Å²) < 4.78 is 0. The van der Waals surface area contributed by atoms with Crippen molar-refractivity contribution in [2.24, 2.45) is 0 Å². The number of nitrogens with one attached hydrogen (secondary N) is 1. The quantitative estimate of drug-likeness (QED) is 0.726. The van der Waals surface area contributed by atoms with Crippen molar-refractivity contribution < 1.29 is 4.79 Å². The first kappa shape index (κ1) is 18.5. The molecule has 0 saturated carbocycles. The van der Waals surface area contributed by atoms with Gasteiger partial charge in [-0.3, -0.25) is 9.78 Å². The van der Waals surface area contributed by atoms with Crippen molar-refractivity contribution >= 4 is 28.9 Å². The number of carbonyl (C=O) groups is 1. The van der Waals surface area contributed by atoms with Crippen LogP contribution in [-0.4, -0.2) is 43.8 Å². The van der Waals surface area contributed by atoms with Crippen molar-refractivity contribution in [3.8, 4) is 0 Å². The second-order valence-corrected chi connectivity index (χ2v) is 8.11. The molecule has 1 aliphatic heterocycles. The maximum absolute atomic E-state index is 12.9. The lowest BCUT2D eigenvalue weighted by Gasteiger charge is -2.32. The van der Waals surface area contributed by atoms with Crippen LogP contribution in [-0.2, 0) is 0 Å². The van der Waals surface area contributed by atoms with Crippen molar-refractivity contribution in [1.29, 1.82) is 0 Å². The van der Waals surface area contributed by atoms with E-state index in [-0.39, 0.29) is 11.8 Å². The molecule has 1 N–H and O–H groups in total. The van der Waals surface area contributed by atoms with Crippen molar-refractivity contribution in [3.63, 3.8) is 0 Å². The Bertz CT molecular complexity index is 957. The zero-order chi connectivity index (χ0) is 19.5. The van der Waals surface area contributed by atoms with E-state index in [1.54, 1.807) is 24.7 Å². The first-order chi connectivity index (χ1) is 13.6. The van der Waals surface area contributed by atoms with Crippen LogP contribution in [0.1, 0.15) is 44.8 Å². The fraction of sp³-hybridized carbons (Fsp3) is 0.350. The summed E-state index contributed by atoms with van der Waals surface area (Å²) in [6, 6.07) is 5.78. The zero-order valence-electron chi connectivity index (χ0n) is 15.9. The topological polar surface area (TPSA) is 83.9 Å². The van der Waals surface area contributed by atoms with Crippen LogP contribution in [0, 0.1) is 13.8 Å². The predicted molar refractivity (Wildman–Crippen MR) is 109 cm³/mol. The number of hydrogen-bond acceptors (Lipinski definition) is 7. The summed E-state index contributed by atoms with van der Waals surface area (Å²) in [7, 11) is 0. The minimum atomic E-state index is 0.0901. The molecule has 7 nitrogen and oxygen atoms in total. The fourth-order valence-corrected chi connectivity index (χ4v) is 4.38. The predicted octanol–water partition coefficient (Wildman–Crippen LogP) is 3.71. The van der Waals surface area contributed by atoms with Crippen LogP contribution < -0.4 is 5.32 Å². The number of amides is 1. The molecule has 8 heteroatoms. The van der Waals surface area contributed by atoms with Gasteiger partial charge in [-0.05, 0) is 44.9 Å². The summed E-state index contributed by atoms with van der Waals surface area (Å²) in [5.74, 6) is 0.878. The number of carbonyl (C=O) groups excluding carboxylic acids is 1. The van der Waals surface area contributed by atoms with Gasteiger partial charge in [0.15, 0.2) is 0 Å². The molecule has 28 heavy (non-hydrogen) atoms. The molecule has 3 aromatic heterocycles. The second kappa shape index (κ2) is 8.02. The number of piperidine rings is 1. The van der Waals surface area contributed by atoms with Gasteiger partial charge in [0.25, 0.3) is 5.91 Å². The van der Waals surface area contributed by atoms with Gasteiger partial charge in [0.05, 0.1) is 22.6 Å². The Morgan fingerprint density at radius 3 is 2.71 bits per heavy atom. The highest BCUT2D eigenvalue weighted by Gasteiger charge is 2.28. The van der Waals surface area contributed by atoms with Gasteiger partial charge in [0, 0.05) is 37.1 Å². The van der Waals surface area contributed by atoms with Gasteiger partial charge in [-0.15, -0.1) is 11.3 Å². The monoisotopic (exact) mass is 394 g/mol. The summed E-state index contributed by atoms with van der Waals surface area (Å²) in [6.45, 7) is 5.32. The number of rotatable bonds is 4. The number of aromatic nitrogens is 4. The van der Waals surface area contributed by atoms with E-state index in [2.05, 4.69) is 25.3 Å². The lowest BCUT2D eigenvalue weighted by atomic mass is 9.94. The van der Waals surface area contributed by atoms with Crippen molar-refractivity contribution in [3.05, 3.63) is 58.1 Å². The van der Waals surface area contributed by atoms with E-state index < -0.39 is 0 Å². The van der Waals surface area contributed by atoms with Crippen molar-refractivity contribution in [2.45, 2.75) is 32.6 Å². The number of pyridine rings is 1. The second-order valence-electron chi connectivity index (χ2n) is 6.91. The van der Waals surface area contributed by atoms with Crippen molar-refractivity contribution in [1.82, 2.24) is 24.8 Å². The zero-order valence-corrected chi connectivity index (χ0v) is 16.7. The lowest BCUT2D eigenvalue weighted by molar-refractivity contribution is 0.0710. The van der Waals surface area contributed by atoms with Crippen LogP contribution in [0.4, 0.5) is 11.6 Å². The third kappa shape index (κ3) is 4.01. The van der Waals surface area contributed by atoms with Gasteiger partial charge in [0.2, 0.25) is 5.95 Å². The van der Waals surface area contributed by atoms with Crippen molar-refractivity contribution in [2.75, 3.05) is 18.4 Å². The Morgan fingerprint density at radius 2 is 2.04 bits per heavy atom. The fourth-order valence-electron chi connectivity index (χ4n) is 3.49. The summed E-state index contributed by atoms with van der Waals surface area (Å²) in [5.41, 5.74) is 2.68.